The normalized spacial score (nSPS) is 22.6. The van der Waals surface area contributed by atoms with Crippen LogP contribution in [0.15, 0.2) is 36.4 Å². The molecule has 0 aliphatic heterocycles. The molecule has 1 aromatic rings. The van der Waals surface area contributed by atoms with E-state index in [0.717, 1.165) is 12.8 Å². The molecular weight excluding hydrogens is 464 g/mol. The van der Waals surface area contributed by atoms with Crippen LogP contribution in [0.25, 0.3) is 5.57 Å². The van der Waals surface area contributed by atoms with E-state index in [1.807, 2.05) is 6.07 Å². The summed E-state index contributed by atoms with van der Waals surface area (Å²) in [6.45, 7) is 0. The molecule has 16 heavy (non-hydrogen) atoms. The fourth-order valence-electron chi connectivity index (χ4n) is 1.84. The van der Waals surface area contributed by atoms with E-state index in [1.165, 1.54) is 11.1 Å². The summed E-state index contributed by atoms with van der Waals surface area (Å²) in [7, 11) is 0. The van der Waals surface area contributed by atoms with Crippen LogP contribution in [-0.2, 0) is 0 Å². The molecule has 0 nitrogen and oxygen atoms in total. The predicted octanol–water partition coefficient (Wildman–Crippen LogP) is 5.84. The van der Waals surface area contributed by atoms with Crippen molar-refractivity contribution in [3.05, 3.63) is 42.0 Å². The van der Waals surface area contributed by atoms with Crippen LogP contribution in [0, 0.1) is 0 Å². The van der Waals surface area contributed by atoms with Gasteiger partial charge in [0.15, 0.2) is 0 Å². The van der Waals surface area contributed by atoms with Gasteiger partial charge < -0.3 is 0 Å². The smallest absolute Gasteiger partial charge is 0.0762 e. The summed E-state index contributed by atoms with van der Waals surface area (Å²) in [5.74, 6) is 0. The number of hydrogen-bond donors (Lipinski definition) is 0. The highest BCUT2D eigenvalue weighted by molar-refractivity contribution is 9.26. The van der Waals surface area contributed by atoms with Gasteiger partial charge in [-0.3, -0.25) is 0 Å². The van der Waals surface area contributed by atoms with Crippen molar-refractivity contribution < 1.29 is 0 Å². The minimum absolute atomic E-state index is 0.0225. The maximum atomic E-state index is 3.76. The van der Waals surface area contributed by atoms with Crippen molar-refractivity contribution in [1.29, 1.82) is 0 Å². The number of alkyl halides is 4. The van der Waals surface area contributed by atoms with Crippen molar-refractivity contribution in [2.45, 2.75) is 19.3 Å². The van der Waals surface area contributed by atoms with Crippen LogP contribution in [0.2, 0.25) is 0 Å². The topological polar surface area (TPSA) is 0 Å². The second-order valence-corrected chi connectivity index (χ2v) is 11.8. The molecule has 0 unspecified atom stereocenters. The molecule has 0 aromatic heterocycles. The molecule has 1 aliphatic rings. The highest BCUT2D eigenvalue weighted by Crippen LogP contribution is 2.54. The molecule has 1 aliphatic carbocycles. The first kappa shape index (κ1) is 13.3. The Balaban J connectivity index is 2.39. The largest absolute Gasteiger partial charge is 0.108 e. The zero-order chi connectivity index (χ0) is 11.8. The summed E-state index contributed by atoms with van der Waals surface area (Å²) in [5, 5.41) is 0. The van der Waals surface area contributed by atoms with Crippen molar-refractivity contribution in [1.82, 2.24) is 0 Å². The lowest BCUT2D eigenvalue weighted by atomic mass is 9.93. The van der Waals surface area contributed by atoms with Crippen LogP contribution >= 0.6 is 63.7 Å². The number of hydrogen-bond acceptors (Lipinski definition) is 0. The molecule has 0 amide bonds. The van der Waals surface area contributed by atoms with E-state index >= 15 is 0 Å². The van der Waals surface area contributed by atoms with Gasteiger partial charge >= 0.3 is 0 Å². The zero-order valence-corrected chi connectivity index (χ0v) is 14.7. The van der Waals surface area contributed by atoms with Gasteiger partial charge in [0, 0.05) is 6.42 Å². The van der Waals surface area contributed by atoms with Crippen molar-refractivity contribution in [3.63, 3.8) is 0 Å². The summed E-state index contributed by atoms with van der Waals surface area (Å²) >= 11 is 14.9. The van der Waals surface area contributed by atoms with Crippen molar-refractivity contribution >= 4 is 69.3 Å². The van der Waals surface area contributed by atoms with Gasteiger partial charge in [-0.25, -0.2) is 0 Å². The minimum Gasteiger partial charge on any atom is -0.0762 e. The second kappa shape index (κ2) is 4.87. The summed E-state index contributed by atoms with van der Waals surface area (Å²) in [6, 6.07) is 10.4. The number of benzene rings is 1. The summed E-state index contributed by atoms with van der Waals surface area (Å²) < 4.78 is -0.197. The second-order valence-electron chi connectivity index (χ2n) is 3.93. The van der Waals surface area contributed by atoms with E-state index in [0.29, 0.717) is 0 Å². The van der Waals surface area contributed by atoms with Crippen molar-refractivity contribution in [3.8, 4) is 0 Å². The van der Waals surface area contributed by atoms with Crippen LogP contribution in [0.4, 0.5) is 0 Å². The van der Waals surface area contributed by atoms with Crippen LogP contribution in [0.3, 0.4) is 0 Å². The number of rotatable bonds is 1. The molecule has 0 bridgehead atoms. The van der Waals surface area contributed by atoms with Gasteiger partial charge in [0.25, 0.3) is 0 Å². The molecule has 0 fully saturated rings. The van der Waals surface area contributed by atoms with Crippen molar-refractivity contribution in [2.75, 3.05) is 0 Å². The Kier molecular flexibility index (Phi) is 4.05. The van der Waals surface area contributed by atoms with Crippen LogP contribution < -0.4 is 0 Å². The summed E-state index contributed by atoms with van der Waals surface area (Å²) in [6.07, 6.45) is 4.16. The average Bonchev–Trinajstić information content (AvgIpc) is 2.16. The lowest BCUT2D eigenvalue weighted by Crippen LogP contribution is -2.29. The molecule has 0 heterocycles. The highest BCUT2D eigenvalue weighted by Gasteiger charge is 2.41. The predicted molar refractivity (Wildman–Crippen MR) is 84.8 cm³/mol. The monoisotopic (exact) mass is 470 g/mol. The van der Waals surface area contributed by atoms with E-state index in [4.69, 9.17) is 0 Å². The van der Waals surface area contributed by atoms with E-state index in [-0.39, 0.29) is 6.47 Å². The number of halogens is 4. The Morgan fingerprint density at radius 3 is 2.12 bits per heavy atom. The molecule has 4 heteroatoms. The molecule has 0 radical (unpaired) electrons. The van der Waals surface area contributed by atoms with Gasteiger partial charge in [0.1, 0.15) is 3.23 Å². The number of allylic oxidation sites excluding steroid dienone is 2. The quantitative estimate of drug-likeness (QED) is 0.450. The highest BCUT2D eigenvalue weighted by atomic mass is 79.9. The maximum absolute atomic E-state index is 3.76. The van der Waals surface area contributed by atoms with E-state index < -0.39 is 0 Å². The Bertz CT molecular complexity index is 406. The Labute approximate surface area is 129 Å². The van der Waals surface area contributed by atoms with Gasteiger partial charge in [-0.15, -0.1) is 0 Å². The van der Waals surface area contributed by atoms with Crippen LogP contribution in [0.5, 0.6) is 0 Å². The lowest BCUT2D eigenvalue weighted by molar-refractivity contribution is 0.735. The van der Waals surface area contributed by atoms with E-state index in [2.05, 4.69) is 94.1 Å². The fraction of sp³-hybridized carbons (Fsp3) is 0.333. The third kappa shape index (κ3) is 3.01. The van der Waals surface area contributed by atoms with E-state index in [1.54, 1.807) is 0 Å². The van der Waals surface area contributed by atoms with Crippen LogP contribution in [0.1, 0.15) is 18.4 Å². The molecule has 1 aromatic carbocycles. The molecule has 0 spiro atoms. The fourth-order valence-corrected chi connectivity index (χ4v) is 6.25. The third-order valence-electron chi connectivity index (χ3n) is 2.56. The standard InChI is InChI=1S/C12H10Br4/c13-11(14)7-6-10(12(15,16)8-11)9-4-2-1-3-5-9/h1-6H,7-8H2. The first-order valence-corrected chi connectivity index (χ1v) is 8.10. The Morgan fingerprint density at radius 2 is 1.56 bits per heavy atom. The lowest BCUT2D eigenvalue weighted by Gasteiger charge is -2.35. The molecule has 0 saturated carbocycles. The van der Waals surface area contributed by atoms with E-state index in [9.17, 15) is 0 Å². The molecule has 0 N–H and O–H groups in total. The molecule has 0 atom stereocenters. The minimum atomic E-state index is -0.174. The zero-order valence-electron chi connectivity index (χ0n) is 8.39. The Morgan fingerprint density at radius 1 is 0.938 bits per heavy atom. The van der Waals surface area contributed by atoms with Gasteiger partial charge in [0.05, 0.1) is 3.23 Å². The first-order valence-electron chi connectivity index (χ1n) is 4.92. The molecule has 2 rings (SSSR count). The third-order valence-corrected chi connectivity index (χ3v) is 5.19. The van der Waals surface area contributed by atoms with Gasteiger partial charge in [0.2, 0.25) is 0 Å². The van der Waals surface area contributed by atoms with Gasteiger partial charge in [-0.1, -0.05) is 100 Å². The van der Waals surface area contributed by atoms with Gasteiger partial charge in [-0.05, 0) is 17.6 Å². The molecule has 86 valence electrons. The van der Waals surface area contributed by atoms with Crippen molar-refractivity contribution in [2.24, 2.45) is 0 Å². The van der Waals surface area contributed by atoms with Gasteiger partial charge in [-0.2, -0.15) is 0 Å². The summed E-state index contributed by atoms with van der Waals surface area (Å²) in [4.78, 5) is 0. The first-order chi connectivity index (χ1) is 7.41. The molecule has 0 saturated heterocycles. The Hall–Kier alpha value is 0.880. The SMILES string of the molecule is BrC1(Br)CC=C(c2ccccc2)C(Br)(Br)C1. The van der Waals surface area contributed by atoms with Crippen LogP contribution in [-0.4, -0.2) is 6.47 Å². The molecular formula is C12H10Br4. The maximum Gasteiger partial charge on any atom is 0.108 e. The summed E-state index contributed by atoms with van der Waals surface area (Å²) in [5.41, 5.74) is 2.55. The average molecular weight is 474 g/mol.